The van der Waals surface area contributed by atoms with Crippen LogP contribution >= 0.6 is 11.6 Å². The molecule has 152 valence electrons. The van der Waals surface area contributed by atoms with Crippen molar-refractivity contribution in [2.24, 2.45) is 5.41 Å². The van der Waals surface area contributed by atoms with Gasteiger partial charge >= 0.3 is 0 Å². The zero-order chi connectivity index (χ0) is 20.6. The lowest BCUT2D eigenvalue weighted by Gasteiger charge is -2.15. The summed E-state index contributed by atoms with van der Waals surface area (Å²) in [5, 5.41) is 4.95. The molecule has 1 saturated heterocycles. The highest BCUT2D eigenvalue weighted by Crippen LogP contribution is 2.61. The van der Waals surface area contributed by atoms with Gasteiger partial charge in [0.1, 0.15) is 0 Å². The van der Waals surface area contributed by atoms with Gasteiger partial charge < -0.3 is 4.90 Å². The molecule has 1 spiro atoms. The van der Waals surface area contributed by atoms with Crippen LogP contribution in [-0.2, 0) is 10.0 Å². The van der Waals surface area contributed by atoms with Crippen LogP contribution in [0.5, 0.6) is 0 Å². The van der Waals surface area contributed by atoms with Gasteiger partial charge in [0.05, 0.1) is 32.8 Å². The Morgan fingerprint density at radius 2 is 1.76 bits per heavy atom. The third kappa shape index (κ3) is 2.69. The molecule has 1 saturated carbocycles. The molecule has 1 aliphatic heterocycles. The first kappa shape index (κ1) is 18.8. The van der Waals surface area contributed by atoms with E-state index in [-0.39, 0.29) is 27.8 Å². The van der Waals surface area contributed by atoms with Crippen LogP contribution < -0.4 is 4.90 Å². The van der Waals surface area contributed by atoms with Gasteiger partial charge in [-0.2, -0.15) is 12.5 Å². The van der Waals surface area contributed by atoms with Gasteiger partial charge in [0.2, 0.25) is 0 Å². The summed E-state index contributed by atoms with van der Waals surface area (Å²) >= 11 is 6.37. The van der Waals surface area contributed by atoms with Gasteiger partial charge in [-0.15, -0.1) is 5.10 Å². The third-order valence-corrected chi connectivity index (χ3v) is 7.88. The lowest BCUT2D eigenvalue weighted by molar-refractivity contribution is -0.0334. The summed E-state index contributed by atoms with van der Waals surface area (Å²) in [6.45, 7) is 1.51. The van der Waals surface area contributed by atoms with Crippen molar-refractivity contribution in [3.8, 4) is 0 Å². The summed E-state index contributed by atoms with van der Waals surface area (Å²) in [5.74, 6) is -2.65. The van der Waals surface area contributed by atoms with Crippen LogP contribution in [0.25, 0.3) is 10.9 Å². The monoisotopic (exact) mass is 437 g/mol. The zero-order valence-electron chi connectivity index (χ0n) is 15.6. The molecule has 1 aromatic heterocycles. The first-order valence-corrected chi connectivity index (χ1v) is 11.1. The van der Waals surface area contributed by atoms with Crippen molar-refractivity contribution in [2.45, 2.75) is 30.6 Å². The zero-order valence-corrected chi connectivity index (χ0v) is 17.1. The molecule has 5 nitrogen and oxygen atoms in total. The molecule has 1 aliphatic carbocycles. The maximum Gasteiger partial charge on any atom is 0.283 e. The van der Waals surface area contributed by atoms with Crippen molar-refractivity contribution in [2.75, 3.05) is 18.0 Å². The molecule has 2 heterocycles. The summed E-state index contributed by atoms with van der Waals surface area (Å²) in [6.07, 6.45) is 0.926. The molecule has 0 atom stereocenters. The fourth-order valence-corrected chi connectivity index (χ4v) is 5.60. The van der Waals surface area contributed by atoms with E-state index in [4.69, 9.17) is 11.6 Å². The maximum absolute atomic E-state index is 14.5. The van der Waals surface area contributed by atoms with Crippen LogP contribution in [0.1, 0.15) is 18.4 Å². The van der Waals surface area contributed by atoms with E-state index in [0.717, 1.165) is 9.65 Å². The average Bonchev–Trinajstić information content (AvgIpc) is 3.26. The summed E-state index contributed by atoms with van der Waals surface area (Å²) in [6, 6.07) is 11.2. The lowest BCUT2D eigenvalue weighted by Crippen LogP contribution is -2.28. The minimum atomic E-state index is -4.02. The highest BCUT2D eigenvalue weighted by molar-refractivity contribution is 7.90. The second-order valence-electron chi connectivity index (χ2n) is 7.96. The summed E-state index contributed by atoms with van der Waals surface area (Å²) in [5.41, 5.74) is 0.167. The molecule has 0 amide bonds. The van der Waals surface area contributed by atoms with Crippen molar-refractivity contribution in [3.63, 3.8) is 0 Å². The third-order valence-electron chi connectivity index (χ3n) is 5.97. The fourth-order valence-electron chi connectivity index (χ4n) is 4.07. The van der Waals surface area contributed by atoms with Gasteiger partial charge in [-0.25, -0.2) is 8.78 Å². The summed E-state index contributed by atoms with van der Waals surface area (Å²) in [4.78, 5) is 1.55. The van der Waals surface area contributed by atoms with Crippen molar-refractivity contribution >= 4 is 38.3 Å². The minimum absolute atomic E-state index is 0.0736. The number of alkyl halides is 2. The van der Waals surface area contributed by atoms with Crippen LogP contribution in [-0.4, -0.2) is 36.6 Å². The number of benzene rings is 2. The smallest absolute Gasteiger partial charge is 0.283 e. The van der Waals surface area contributed by atoms with Crippen LogP contribution in [0.15, 0.2) is 47.4 Å². The standard InChI is InChI=1S/C20H18ClF2N3O2S/c1-13-5-7-14(8-6-13)29(27,28)26-16-4-2-3-15(21)17(16)18(24-26)25-11-19(9-10-19)20(22,23)12-25/h2-8H,9-12H2,1H3. The molecular weight excluding hydrogens is 420 g/mol. The van der Waals surface area contributed by atoms with Gasteiger partial charge in [0, 0.05) is 6.54 Å². The molecule has 2 aliphatic rings. The van der Waals surface area contributed by atoms with Crippen molar-refractivity contribution in [3.05, 3.63) is 53.1 Å². The van der Waals surface area contributed by atoms with Crippen LogP contribution in [0.4, 0.5) is 14.6 Å². The Morgan fingerprint density at radius 3 is 2.38 bits per heavy atom. The first-order valence-electron chi connectivity index (χ1n) is 9.27. The molecule has 9 heteroatoms. The van der Waals surface area contributed by atoms with Crippen LogP contribution in [0.3, 0.4) is 0 Å². The minimum Gasteiger partial charge on any atom is -0.348 e. The highest BCUT2D eigenvalue weighted by Gasteiger charge is 2.67. The summed E-state index contributed by atoms with van der Waals surface area (Å²) in [7, 11) is -4.02. The van der Waals surface area contributed by atoms with Gasteiger partial charge in [0.15, 0.2) is 5.82 Å². The van der Waals surface area contributed by atoms with E-state index in [1.54, 1.807) is 30.3 Å². The van der Waals surface area contributed by atoms with Gasteiger partial charge in [-0.1, -0.05) is 35.4 Å². The van der Waals surface area contributed by atoms with Crippen molar-refractivity contribution < 1.29 is 17.2 Å². The van der Waals surface area contributed by atoms with E-state index >= 15 is 0 Å². The lowest BCUT2D eigenvalue weighted by atomic mass is 10.0. The number of aromatic nitrogens is 2. The van der Waals surface area contributed by atoms with E-state index in [9.17, 15) is 17.2 Å². The predicted molar refractivity (Wildman–Crippen MR) is 107 cm³/mol. The van der Waals surface area contributed by atoms with E-state index in [0.29, 0.717) is 18.2 Å². The topological polar surface area (TPSA) is 55.2 Å². The Hall–Kier alpha value is -2.19. The normalized spacial score (nSPS) is 19.9. The molecule has 3 aromatic rings. The Morgan fingerprint density at radius 1 is 1.07 bits per heavy atom. The Kier molecular flexibility index (Phi) is 3.84. The molecule has 5 rings (SSSR count). The quantitative estimate of drug-likeness (QED) is 0.606. The number of aryl methyl sites for hydroxylation is 1. The molecule has 0 N–H and O–H groups in total. The number of hydrogen-bond acceptors (Lipinski definition) is 4. The molecular formula is C20H18ClF2N3O2S. The number of nitrogens with zero attached hydrogens (tertiary/aromatic N) is 3. The molecule has 0 bridgehead atoms. The largest absolute Gasteiger partial charge is 0.348 e. The molecule has 0 radical (unpaired) electrons. The van der Waals surface area contributed by atoms with E-state index < -0.39 is 27.9 Å². The molecule has 2 fully saturated rings. The van der Waals surface area contributed by atoms with Crippen molar-refractivity contribution in [1.82, 2.24) is 9.19 Å². The predicted octanol–water partition coefficient (Wildman–Crippen LogP) is 4.47. The van der Waals surface area contributed by atoms with Gasteiger partial charge in [-0.05, 0) is 44.0 Å². The molecule has 29 heavy (non-hydrogen) atoms. The van der Waals surface area contributed by atoms with Gasteiger partial charge in [-0.3, -0.25) is 0 Å². The van der Waals surface area contributed by atoms with E-state index in [2.05, 4.69) is 5.10 Å². The number of rotatable bonds is 3. The van der Waals surface area contributed by atoms with Crippen molar-refractivity contribution in [1.29, 1.82) is 0 Å². The Balaban J connectivity index is 1.69. The van der Waals surface area contributed by atoms with Gasteiger partial charge in [0.25, 0.3) is 15.9 Å². The number of anilines is 1. The number of halogens is 3. The second kappa shape index (κ2) is 5.92. The Bertz CT molecular complexity index is 1230. The van der Waals surface area contributed by atoms with E-state index in [1.165, 1.54) is 17.0 Å². The number of hydrogen-bond donors (Lipinski definition) is 0. The SMILES string of the molecule is Cc1ccc(S(=O)(=O)n2nc(N3CC(F)(F)C4(CC4)C3)c3c(Cl)cccc32)cc1. The Labute approximate surface area is 171 Å². The highest BCUT2D eigenvalue weighted by atomic mass is 35.5. The summed E-state index contributed by atoms with van der Waals surface area (Å²) < 4.78 is 56.5. The maximum atomic E-state index is 14.5. The molecule has 2 aromatic carbocycles. The number of fused-ring (bicyclic) bond motifs is 1. The first-order chi connectivity index (χ1) is 13.6. The van der Waals surface area contributed by atoms with E-state index in [1.807, 2.05) is 6.92 Å². The van der Waals surface area contributed by atoms with Crippen LogP contribution in [0.2, 0.25) is 5.02 Å². The average molecular weight is 438 g/mol. The second-order valence-corrected chi connectivity index (χ2v) is 10.1. The fraction of sp³-hybridized carbons (Fsp3) is 0.350. The van der Waals surface area contributed by atoms with Crippen LogP contribution in [0, 0.1) is 12.3 Å². The molecule has 0 unspecified atom stereocenters.